The molecule has 7 heteroatoms. The second-order valence-electron chi connectivity index (χ2n) is 2.49. The summed E-state index contributed by atoms with van der Waals surface area (Å²) in [6.45, 7) is 0. The van der Waals surface area contributed by atoms with Crippen molar-refractivity contribution in [3.63, 3.8) is 0 Å². The highest BCUT2D eigenvalue weighted by Gasteiger charge is 2.07. The van der Waals surface area contributed by atoms with Crippen LogP contribution in [0.3, 0.4) is 0 Å². The molecule has 2 aromatic rings. The van der Waals surface area contributed by atoms with Gasteiger partial charge in [-0.15, -0.1) is 5.10 Å². The van der Waals surface area contributed by atoms with Crippen molar-refractivity contribution in [1.29, 1.82) is 0 Å². The van der Waals surface area contributed by atoms with Crippen LogP contribution in [0.2, 0.25) is 0 Å². The van der Waals surface area contributed by atoms with E-state index < -0.39 is 0 Å². The highest BCUT2D eigenvalue weighted by molar-refractivity contribution is 9.10. The van der Waals surface area contributed by atoms with E-state index in [4.69, 9.17) is 5.73 Å². The fraction of sp³-hybridized carbons (Fsp3) is 0. The third-order valence-corrected chi connectivity index (χ3v) is 2.50. The molecule has 0 spiro atoms. The molecule has 0 unspecified atom stereocenters. The molecule has 0 atom stereocenters. The zero-order valence-corrected chi connectivity index (χ0v) is 10.0. The molecule has 0 amide bonds. The first-order chi connectivity index (χ1) is 6.66. The van der Waals surface area contributed by atoms with Crippen molar-refractivity contribution < 1.29 is 0 Å². The van der Waals surface area contributed by atoms with Crippen LogP contribution in [0.4, 0.5) is 5.95 Å². The van der Waals surface area contributed by atoms with Crippen molar-refractivity contribution in [3.05, 3.63) is 27.5 Å². The van der Waals surface area contributed by atoms with Gasteiger partial charge in [0.15, 0.2) is 5.82 Å². The predicted octanol–water partition coefficient (Wildman–Crippen LogP) is 1.77. The maximum Gasteiger partial charge on any atom is 0.240 e. The van der Waals surface area contributed by atoms with Gasteiger partial charge < -0.3 is 5.73 Å². The van der Waals surface area contributed by atoms with Gasteiger partial charge in [0.1, 0.15) is 0 Å². The number of hydrogen-bond acceptors (Lipinski definition) is 4. The largest absolute Gasteiger partial charge is 0.366 e. The van der Waals surface area contributed by atoms with Crippen molar-refractivity contribution in [3.8, 4) is 5.82 Å². The van der Waals surface area contributed by atoms with Gasteiger partial charge in [-0.1, -0.05) is 0 Å². The molecule has 0 bridgehead atoms. The minimum atomic E-state index is 0.210. The van der Waals surface area contributed by atoms with Gasteiger partial charge in [-0.3, -0.25) is 0 Å². The number of hydrogen-bond donors (Lipinski definition) is 1. The Morgan fingerprint density at radius 2 is 2.07 bits per heavy atom. The second kappa shape index (κ2) is 3.66. The lowest BCUT2D eigenvalue weighted by Gasteiger charge is -1.99. The summed E-state index contributed by atoms with van der Waals surface area (Å²) in [5.41, 5.74) is 5.44. The van der Waals surface area contributed by atoms with E-state index in [2.05, 4.69) is 46.9 Å². The number of aromatic nitrogens is 4. The zero-order chi connectivity index (χ0) is 10.1. The van der Waals surface area contributed by atoms with Gasteiger partial charge in [0.05, 0.1) is 0 Å². The van der Waals surface area contributed by atoms with Crippen molar-refractivity contribution >= 4 is 37.8 Å². The maximum absolute atomic E-state index is 5.44. The summed E-state index contributed by atoms with van der Waals surface area (Å²) in [7, 11) is 0. The number of rotatable bonds is 1. The van der Waals surface area contributed by atoms with Gasteiger partial charge in [-0.05, 0) is 44.0 Å². The SMILES string of the molecule is Nc1nc(Br)n(-c2ccc(Br)cn2)n1. The van der Waals surface area contributed by atoms with Crippen LogP contribution in [0.15, 0.2) is 27.5 Å². The highest BCUT2D eigenvalue weighted by Crippen LogP contribution is 2.15. The summed E-state index contributed by atoms with van der Waals surface area (Å²) in [5.74, 6) is 0.867. The summed E-state index contributed by atoms with van der Waals surface area (Å²) in [6, 6.07) is 3.68. The normalized spacial score (nSPS) is 10.4. The number of halogens is 2. The van der Waals surface area contributed by atoms with Gasteiger partial charge in [0, 0.05) is 10.7 Å². The standard InChI is InChI=1S/C7H5Br2N5/c8-4-1-2-5(11-3-4)14-6(9)12-7(10)13-14/h1-3H,(H2,10,13). The molecule has 5 nitrogen and oxygen atoms in total. The van der Waals surface area contributed by atoms with Crippen LogP contribution < -0.4 is 5.73 Å². The van der Waals surface area contributed by atoms with Gasteiger partial charge in [0.25, 0.3) is 0 Å². The first-order valence-corrected chi connectivity index (χ1v) is 5.25. The molecule has 2 rings (SSSR count). The third kappa shape index (κ3) is 1.78. The minimum absolute atomic E-state index is 0.210. The molecule has 2 N–H and O–H groups in total. The van der Waals surface area contributed by atoms with Gasteiger partial charge in [0.2, 0.25) is 10.7 Å². The Morgan fingerprint density at radius 1 is 1.29 bits per heavy atom. The minimum Gasteiger partial charge on any atom is -0.366 e. The fourth-order valence-corrected chi connectivity index (χ4v) is 1.62. The van der Waals surface area contributed by atoms with E-state index in [0.29, 0.717) is 10.6 Å². The van der Waals surface area contributed by atoms with E-state index in [1.807, 2.05) is 12.1 Å². The molecule has 0 aromatic carbocycles. The highest BCUT2D eigenvalue weighted by atomic mass is 79.9. The number of nitrogens with zero attached hydrogens (tertiary/aromatic N) is 4. The van der Waals surface area contributed by atoms with E-state index >= 15 is 0 Å². The summed E-state index contributed by atoms with van der Waals surface area (Å²) in [6.07, 6.45) is 1.68. The van der Waals surface area contributed by atoms with Gasteiger partial charge in [-0.2, -0.15) is 9.67 Å². The van der Waals surface area contributed by atoms with Crippen molar-refractivity contribution in [2.45, 2.75) is 0 Å². The predicted molar refractivity (Wildman–Crippen MR) is 59.0 cm³/mol. The van der Waals surface area contributed by atoms with E-state index in [1.54, 1.807) is 6.20 Å². The molecular formula is C7H5Br2N5. The lowest BCUT2D eigenvalue weighted by Crippen LogP contribution is -2.00. The number of nitrogen functional groups attached to an aromatic ring is 1. The topological polar surface area (TPSA) is 69.6 Å². The fourth-order valence-electron chi connectivity index (χ4n) is 0.947. The van der Waals surface area contributed by atoms with E-state index in [1.165, 1.54) is 4.68 Å². The Kier molecular flexibility index (Phi) is 2.51. The van der Waals surface area contributed by atoms with E-state index in [0.717, 1.165) is 4.47 Å². The van der Waals surface area contributed by atoms with Gasteiger partial charge in [-0.25, -0.2) is 4.98 Å². The summed E-state index contributed by atoms with van der Waals surface area (Å²) in [5, 5.41) is 3.97. The molecule has 0 aliphatic heterocycles. The smallest absolute Gasteiger partial charge is 0.240 e. The first kappa shape index (κ1) is 9.60. The Bertz CT molecular complexity index is 450. The molecule has 0 aliphatic rings. The van der Waals surface area contributed by atoms with Crippen LogP contribution >= 0.6 is 31.9 Å². The van der Waals surface area contributed by atoms with Gasteiger partial charge >= 0.3 is 0 Å². The Balaban J connectivity index is 2.49. The molecule has 14 heavy (non-hydrogen) atoms. The number of pyridine rings is 1. The Morgan fingerprint density at radius 3 is 2.57 bits per heavy atom. The monoisotopic (exact) mass is 317 g/mol. The van der Waals surface area contributed by atoms with Crippen molar-refractivity contribution in [1.82, 2.24) is 19.7 Å². The molecule has 2 aromatic heterocycles. The van der Waals surface area contributed by atoms with Crippen LogP contribution in [0.5, 0.6) is 0 Å². The van der Waals surface area contributed by atoms with E-state index in [9.17, 15) is 0 Å². The van der Waals surface area contributed by atoms with Crippen LogP contribution in [0, 0.1) is 0 Å². The third-order valence-electron chi connectivity index (χ3n) is 1.51. The number of nitrogens with two attached hydrogens (primary N) is 1. The maximum atomic E-state index is 5.44. The van der Waals surface area contributed by atoms with Crippen LogP contribution in [-0.4, -0.2) is 19.7 Å². The number of anilines is 1. The molecule has 0 saturated heterocycles. The van der Waals surface area contributed by atoms with Crippen LogP contribution in [-0.2, 0) is 0 Å². The molecule has 0 aliphatic carbocycles. The average molecular weight is 319 g/mol. The summed E-state index contributed by atoms with van der Waals surface area (Å²) in [4.78, 5) is 8.06. The molecule has 72 valence electrons. The quantitative estimate of drug-likeness (QED) is 0.870. The lowest BCUT2D eigenvalue weighted by atomic mass is 10.5. The summed E-state index contributed by atoms with van der Waals surface area (Å²) >= 11 is 6.53. The molecule has 0 saturated carbocycles. The second-order valence-corrected chi connectivity index (χ2v) is 4.11. The zero-order valence-electron chi connectivity index (χ0n) is 6.85. The van der Waals surface area contributed by atoms with E-state index in [-0.39, 0.29) is 5.95 Å². The molecular weight excluding hydrogens is 314 g/mol. The first-order valence-electron chi connectivity index (χ1n) is 3.67. The average Bonchev–Trinajstić information content (AvgIpc) is 2.47. The molecule has 0 fully saturated rings. The molecule has 2 heterocycles. The Labute approximate surface area is 96.6 Å². The molecule has 0 radical (unpaired) electrons. The van der Waals surface area contributed by atoms with Crippen LogP contribution in [0.25, 0.3) is 5.82 Å². The van der Waals surface area contributed by atoms with Crippen molar-refractivity contribution in [2.24, 2.45) is 0 Å². The lowest BCUT2D eigenvalue weighted by molar-refractivity contribution is 0.827. The van der Waals surface area contributed by atoms with Crippen LogP contribution in [0.1, 0.15) is 0 Å². The summed E-state index contributed by atoms with van der Waals surface area (Å²) < 4.78 is 2.96. The Hall–Kier alpha value is -0.950. The van der Waals surface area contributed by atoms with Crippen molar-refractivity contribution in [2.75, 3.05) is 5.73 Å².